The first-order valence-corrected chi connectivity index (χ1v) is 13.8. The van der Waals surface area contributed by atoms with Gasteiger partial charge < -0.3 is 15.5 Å². The maximum absolute atomic E-state index is 12.7. The third kappa shape index (κ3) is 5.60. The molecule has 0 saturated carbocycles. The van der Waals surface area contributed by atoms with Crippen molar-refractivity contribution in [3.05, 3.63) is 77.6 Å². The summed E-state index contributed by atoms with van der Waals surface area (Å²) in [4.78, 5) is 30.6. The number of hydrogen-bond donors (Lipinski definition) is 2. The maximum atomic E-state index is 12.7. The van der Waals surface area contributed by atoms with E-state index in [-0.39, 0.29) is 5.91 Å². The fourth-order valence-electron chi connectivity index (χ4n) is 4.60. The van der Waals surface area contributed by atoms with Gasteiger partial charge in [-0.25, -0.2) is 9.97 Å². The van der Waals surface area contributed by atoms with Crippen LogP contribution in [0.1, 0.15) is 35.5 Å². The molecule has 1 fully saturated rings. The van der Waals surface area contributed by atoms with Crippen LogP contribution >= 0.6 is 11.8 Å². The van der Waals surface area contributed by atoms with Gasteiger partial charge in [0.25, 0.3) is 5.91 Å². The first-order chi connectivity index (χ1) is 17.9. The lowest BCUT2D eigenvalue weighted by atomic mass is 10.1. The number of anilines is 1. The fraction of sp³-hybridized carbons (Fsp3) is 0.310. The van der Waals surface area contributed by atoms with E-state index in [2.05, 4.69) is 40.4 Å². The van der Waals surface area contributed by atoms with Crippen molar-refractivity contribution in [2.75, 3.05) is 24.2 Å². The highest BCUT2D eigenvalue weighted by Crippen LogP contribution is 2.24. The largest absolute Gasteiger partial charge is 0.351 e. The highest BCUT2D eigenvalue weighted by molar-refractivity contribution is 7.98. The van der Waals surface area contributed by atoms with Crippen molar-refractivity contribution >= 4 is 34.4 Å². The minimum absolute atomic E-state index is 0.114. The van der Waals surface area contributed by atoms with E-state index in [9.17, 15) is 4.79 Å². The van der Waals surface area contributed by atoms with E-state index >= 15 is 0 Å². The Bertz CT molecular complexity index is 1440. The molecule has 2 N–H and O–H groups in total. The van der Waals surface area contributed by atoms with Crippen molar-refractivity contribution in [3.63, 3.8) is 0 Å². The number of pyridine rings is 3. The van der Waals surface area contributed by atoms with Gasteiger partial charge in [0.1, 0.15) is 5.82 Å². The summed E-state index contributed by atoms with van der Waals surface area (Å²) in [5, 5.41) is 7.46. The molecule has 1 aromatic carbocycles. The van der Waals surface area contributed by atoms with Gasteiger partial charge in [0.05, 0.1) is 29.1 Å². The third-order valence-corrected chi connectivity index (χ3v) is 7.67. The van der Waals surface area contributed by atoms with Crippen LogP contribution in [0.5, 0.6) is 0 Å². The number of nitrogens with one attached hydrogen (secondary N) is 2. The molecule has 0 radical (unpaired) electrons. The van der Waals surface area contributed by atoms with Crippen LogP contribution in [0.15, 0.2) is 65.7 Å². The van der Waals surface area contributed by atoms with Gasteiger partial charge in [-0.1, -0.05) is 12.1 Å². The second kappa shape index (κ2) is 10.9. The summed E-state index contributed by atoms with van der Waals surface area (Å²) in [5.74, 6) is 0.857. The number of fused-ring (bicyclic) bond motifs is 1. The average molecular weight is 513 g/mol. The lowest BCUT2D eigenvalue weighted by Gasteiger charge is -2.38. The number of carbonyl (C=O) groups is 1. The second-order valence-corrected chi connectivity index (χ2v) is 10.5. The van der Waals surface area contributed by atoms with Crippen LogP contribution in [0.3, 0.4) is 0 Å². The molecule has 1 amide bonds. The molecule has 1 aliphatic heterocycles. The van der Waals surface area contributed by atoms with Gasteiger partial charge in [0.2, 0.25) is 0 Å². The lowest BCUT2D eigenvalue weighted by Crippen LogP contribution is -2.54. The summed E-state index contributed by atoms with van der Waals surface area (Å²) < 4.78 is 0. The number of piperazine rings is 1. The summed E-state index contributed by atoms with van der Waals surface area (Å²) in [6.07, 6.45) is 3.82. The molecule has 0 bridgehead atoms. The summed E-state index contributed by atoms with van der Waals surface area (Å²) in [6.45, 7) is 8.65. The van der Waals surface area contributed by atoms with Crippen LogP contribution in [-0.4, -0.2) is 52.3 Å². The zero-order chi connectivity index (χ0) is 25.9. The molecule has 7 nitrogen and oxygen atoms in total. The van der Waals surface area contributed by atoms with Crippen LogP contribution in [0, 0.1) is 6.92 Å². The number of carbonyl (C=O) groups excluding carboxylic acids is 1. The Morgan fingerprint density at radius 3 is 2.78 bits per heavy atom. The molecule has 37 heavy (non-hydrogen) atoms. The van der Waals surface area contributed by atoms with E-state index in [4.69, 9.17) is 9.97 Å². The Kier molecular flexibility index (Phi) is 7.39. The molecule has 3 aromatic heterocycles. The number of amides is 1. The normalized spacial score (nSPS) is 17.7. The van der Waals surface area contributed by atoms with Crippen LogP contribution in [0.4, 0.5) is 5.82 Å². The van der Waals surface area contributed by atoms with E-state index in [0.717, 1.165) is 51.8 Å². The molecule has 1 saturated heterocycles. The number of hydrogen-bond acceptors (Lipinski definition) is 7. The summed E-state index contributed by atoms with van der Waals surface area (Å²) in [6, 6.07) is 18.6. The monoisotopic (exact) mass is 512 g/mol. The minimum Gasteiger partial charge on any atom is -0.351 e. The van der Waals surface area contributed by atoms with Gasteiger partial charge in [-0.3, -0.25) is 9.78 Å². The van der Waals surface area contributed by atoms with Gasteiger partial charge in [-0.15, -0.1) is 11.8 Å². The zero-order valence-electron chi connectivity index (χ0n) is 21.7. The van der Waals surface area contributed by atoms with Gasteiger partial charge in [0.15, 0.2) is 0 Å². The minimum atomic E-state index is -0.114. The fourth-order valence-corrected chi connectivity index (χ4v) is 5.23. The van der Waals surface area contributed by atoms with Crippen LogP contribution < -0.4 is 15.5 Å². The number of rotatable bonds is 6. The lowest BCUT2D eigenvalue weighted by molar-refractivity contribution is 0.0950. The Hall–Kier alpha value is -3.49. The van der Waals surface area contributed by atoms with Crippen molar-refractivity contribution < 1.29 is 4.79 Å². The smallest absolute Gasteiger partial charge is 0.251 e. The summed E-state index contributed by atoms with van der Waals surface area (Å²) in [5.41, 5.74) is 5.06. The highest BCUT2D eigenvalue weighted by Gasteiger charge is 2.23. The van der Waals surface area contributed by atoms with E-state index in [1.165, 1.54) is 5.56 Å². The van der Waals surface area contributed by atoms with E-state index < -0.39 is 0 Å². The van der Waals surface area contributed by atoms with Crippen molar-refractivity contribution in [2.45, 2.75) is 44.3 Å². The van der Waals surface area contributed by atoms with Crippen molar-refractivity contribution in [2.24, 2.45) is 0 Å². The molecule has 8 heteroatoms. The van der Waals surface area contributed by atoms with Crippen LogP contribution in [0.25, 0.3) is 22.3 Å². The van der Waals surface area contributed by atoms with E-state index in [1.54, 1.807) is 18.0 Å². The Labute approximate surface area is 222 Å². The standard InChI is InChI=1S/C29H32N6OS/c1-18-8-9-21(12-27(18)37-4)29(36)32-16-23-13-26-22(15-31-23)10-11-25(33-26)24-6-5-7-28(34-24)35-17-19(2)30-14-20(35)3/h5-13,15,19-20,30H,14,16-17H2,1-4H3,(H,32,36). The molecule has 190 valence electrons. The predicted octanol–water partition coefficient (Wildman–Crippen LogP) is 4.84. The quantitative estimate of drug-likeness (QED) is 0.358. The average Bonchev–Trinajstić information content (AvgIpc) is 2.93. The highest BCUT2D eigenvalue weighted by atomic mass is 32.2. The predicted molar refractivity (Wildman–Crippen MR) is 151 cm³/mol. The Morgan fingerprint density at radius 2 is 1.95 bits per heavy atom. The molecule has 2 atom stereocenters. The molecule has 0 spiro atoms. The molecular formula is C29H32N6OS. The number of nitrogens with zero attached hydrogens (tertiary/aromatic N) is 4. The Morgan fingerprint density at radius 1 is 1.11 bits per heavy atom. The maximum Gasteiger partial charge on any atom is 0.251 e. The summed E-state index contributed by atoms with van der Waals surface area (Å²) >= 11 is 1.64. The summed E-state index contributed by atoms with van der Waals surface area (Å²) in [7, 11) is 0. The SMILES string of the molecule is CSc1cc(C(=O)NCc2cc3nc(-c4cccc(N5CC(C)NCC5C)n4)ccc3cn2)ccc1C. The zero-order valence-corrected chi connectivity index (χ0v) is 22.5. The number of aryl methyl sites for hydroxylation is 1. The van der Waals surface area contributed by atoms with E-state index in [0.29, 0.717) is 24.2 Å². The number of thioether (sulfide) groups is 1. The van der Waals surface area contributed by atoms with Gasteiger partial charge >= 0.3 is 0 Å². The molecular weight excluding hydrogens is 480 g/mol. The Balaban J connectivity index is 1.34. The van der Waals surface area contributed by atoms with Crippen molar-refractivity contribution in [1.82, 2.24) is 25.6 Å². The topological polar surface area (TPSA) is 83.0 Å². The van der Waals surface area contributed by atoms with Gasteiger partial charge in [-0.2, -0.15) is 0 Å². The first-order valence-electron chi connectivity index (χ1n) is 12.6. The van der Waals surface area contributed by atoms with Crippen LogP contribution in [-0.2, 0) is 6.54 Å². The molecule has 4 aromatic rings. The van der Waals surface area contributed by atoms with Crippen molar-refractivity contribution in [3.8, 4) is 11.4 Å². The second-order valence-electron chi connectivity index (χ2n) is 9.62. The first kappa shape index (κ1) is 25.2. The molecule has 0 aliphatic carbocycles. The van der Waals surface area contributed by atoms with Crippen LogP contribution in [0.2, 0.25) is 0 Å². The molecule has 1 aliphatic rings. The third-order valence-electron chi connectivity index (χ3n) is 6.79. The van der Waals surface area contributed by atoms with E-state index in [1.807, 2.05) is 61.7 Å². The molecule has 2 unspecified atom stereocenters. The molecule has 5 rings (SSSR count). The van der Waals surface area contributed by atoms with Crippen molar-refractivity contribution in [1.29, 1.82) is 0 Å². The van der Waals surface area contributed by atoms with Gasteiger partial charge in [-0.05, 0) is 75.1 Å². The number of benzene rings is 1. The van der Waals surface area contributed by atoms with Gasteiger partial charge in [0, 0.05) is 47.2 Å². The number of aromatic nitrogens is 3. The molecule has 4 heterocycles.